The first-order chi connectivity index (χ1) is 8.47. The first-order valence-corrected chi connectivity index (χ1v) is 8.26. The number of benzene rings is 1. The lowest BCUT2D eigenvalue weighted by Gasteiger charge is -2.03. The van der Waals surface area contributed by atoms with Gasteiger partial charge in [-0.2, -0.15) is 8.42 Å². The number of hydrogen-bond acceptors (Lipinski definition) is 4. The molecular weight excluding hydrogens is 360 g/mol. The van der Waals surface area contributed by atoms with Crippen LogP contribution in [0.4, 0.5) is 0 Å². The second-order valence-electron chi connectivity index (χ2n) is 3.40. The summed E-state index contributed by atoms with van der Waals surface area (Å²) in [5, 5.41) is 0. The lowest BCUT2D eigenvalue weighted by atomic mass is 10.2. The Morgan fingerprint density at radius 1 is 1.17 bits per heavy atom. The van der Waals surface area contributed by atoms with Crippen LogP contribution in [0.1, 0.15) is 5.56 Å². The van der Waals surface area contributed by atoms with Crippen molar-refractivity contribution in [3.8, 4) is 0 Å². The van der Waals surface area contributed by atoms with Crippen molar-refractivity contribution in [1.82, 2.24) is 0 Å². The van der Waals surface area contributed by atoms with Gasteiger partial charge in [0.25, 0.3) is 0 Å². The summed E-state index contributed by atoms with van der Waals surface area (Å²) >= 11 is 9.98. The van der Waals surface area contributed by atoms with Crippen molar-refractivity contribution < 1.29 is 12.6 Å². The minimum atomic E-state index is -3.73. The van der Waals surface area contributed by atoms with Gasteiger partial charge >= 0.3 is 10.1 Å². The molecule has 0 N–H and O–H groups in total. The third kappa shape index (κ3) is 3.55. The first kappa shape index (κ1) is 14.0. The van der Waals surface area contributed by atoms with Crippen LogP contribution in [0, 0.1) is 0 Å². The Balaban J connectivity index is 2.08. The van der Waals surface area contributed by atoms with E-state index in [2.05, 4.69) is 15.9 Å². The van der Waals surface area contributed by atoms with Gasteiger partial charge in [-0.25, -0.2) is 0 Å². The monoisotopic (exact) mass is 366 g/mol. The van der Waals surface area contributed by atoms with Gasteiger partial charge in [0.2, 0.25) is 0 Å². The van der Waals surface area contributed by atoms with E-state index in [0.29, 0.717) is 4.34 Å². The average Bonchev–Trinajstić information content (AvgIpc) is 2.76. The fourth-order valence-electron chi connectivity index (χ4n) is 1.22. The van der Waals surface area contributed by atoms with Crippen LogP contribution >= 0.6 is 38.9 Å². The molecule has 0 unspecified atom stereocenters. The zero-order valence-corrected chi connectivity index (χ0v) is 12.9. The molecule has 0 aliphatic heterocycles. The van der Waals surface area contributed by atoms with E-state index in [1.165, 1.54) is 12.1 Å². The van der Waals surface area contributed by atoms with E-state index in [9.17, 15) is 8.42 Å². The van der Waals surface area contributed by atoms with E-state index in [0.717, 1.165) is 21.4 Å². The predicted octanol–water partition coefficient (Wildman–Crippen LogP) is 4.07. The second-order valence-corrected chi connectivity index (χ2v) is 7.87. The second kappa shape index (κ2) is 5.71. The summed E-state index contributed by atoms with van der Waals surface area (Å²) in [6, 6.07) is 10.2. The summed E-state index contributed by atoms with van der Waals surface area (Å²) in [6.45, 7) is 0.00509. The van der Waals surface area contributed by atoms with Crippen LogP contribution in [0.3, 0.4) is 0 Å². The van der Waals surface area contributed by atoms with Crippen LogP contribution in [0.25, 0.3) is 0 Å². The van der Waals surface area contributed by atoms with Crippen molar-refractivity contribution >= 4 is 49.0 Å². The molecule has 0 aliphatic rings. The molecule has 96 valence electrons. The van der Waals surface area contributed by atoms with Crippen molar-refractivity contribution in [2.24, 2.45) is 0 Å². The van der Waals surface area contributed by atoms with E-state index < -0.39 is 10.1 Å². The van der Waals surface area contributed by atoms with Gasteiger partial charge in [0.1, 0.15) is 4.21 Å². The Morgan fingerprint density at radius 3 is 2.39 bits per heavy atom. The average molecular weight is 368 g/mol. The maximum atomic E-state index is 11.8. The van der Waals surface area contributed by atoms with E-state index in [1.54, 1.807) is 12.1 Å². The Bertz CT molecular complexity index is 635. The molecule has 0 aliphatic carbocycles. The van der Waals surface area contributed by atoms with Crippen molar-refractivity contribution in [3.05, 3.63) is 50.8 Å². The number of thiophene rings is 1. The molecule has 1 aromatic heterocycles. The molecule has 1 heterocycles. The minimum absolute atomic E-state index is 0.00509. The Morgan fingerprint density at radius 2 is 1.83 bits per heavy atom. The molecule has 0 bridgehead atoms. The standard InChI is InChI=1S/C11H8BrClO3S2/c12-9-3-1-8(2-4-9)7-16-18(14,15)11-6-5-10(13)17-11/h1-6H,7H2. The lowest BCUT2D eigenvalue weighted by Crippen LogP contribution is -2.04. The highest BCUT2D eigenvalue weighted by Crippen LogP contribution is 2.27. The molecule has 0 amide bonds. The van der Waals surface area contributed by atoms with E-state index >= 15 is 0 Å². The van der Waals surface area contributed by atoms with Gasteiger partial charge in [0.05, 0.1) is 10.9 Å². The maximum absolute atomic E-state index is 11.8. The highest BCUT2D eigenvalue weighted by Gasteiger charge is 2.17. The Labute approximate surface area is 123 Å². The summed E-state index contributed by atoms with van der Waals surface area (Å²) in [6.07, 6.45) is 0. The SMILES string of the molecule is O=S(=O)(OCc1ccc(Br)cc1)c1ccc(Cl)s1. The van der Waals surface area contributed by atoms with Gasteiger partial charge in [0.15, 0.2) is 0 Å². The Hall–Kier alpha value is -0.400. The maximum Gasteiger partial charge on any atom is 0.306 e. The third-order valence-corrected chi connectivity index (χ3v) is 5.56. The number of halogens is 2. The van der Waals surface area contributed by atoms with Gasteiger partial charge in [-0.15, -0.1) is 11.3 Å². The smallest absolute Gasteiger partial charge is 0.261 e. The first-order valence-electron chi connectivity index (χ1n) is 4.86. The zero-order valence-electron chi connectivity index (χ0n) is 8.97. The molecular formula is C11H8BrClO3S2. The van der Waals surface area contributed by atoms with E-state index in [4.69, 9.17) is 15.8 Å². The van der Waals surface area contributed by atoms with Crippen LogP contribution in [-0.2, 0) is 20.9 Å². The Kier molecular flexibility index (Phi) is 4.45. The molecule has 3 nitrogen and oxygen atoms in total. The van der Waals surface area contributed by atoms with Crippen LogP contribution in [0.2, 0.25) is 4.34 Å². The summed E-state index contributed by atoms with van der Waals surface area (Å²) in [4.78, 5) is 0. The van der Waals surface area contributed by atoms with Gasteiger partial charge in [-0.3, -0.25) is 4.18 Å². The molecule has 1 aromatic carbocycles. The van der Waals surface area contributed by atoms with E-state index in [1.807, 2.05) is 12.1 Å². The molecule has 7 heteroatoms. The molecule has 0 radical (unpaired) electrons. The molecule has 0 spiro atoms. The predicted molar refractivity (Wildman–Crippen MR) is 75.4 cm³/mol. The summed E-state index contributed by atoms with van der Waals surface area (Å²) < 4.78 is 30.0. The topological polar surface area (TPSA) is 43.4 Å². The van der Waals surface area contributed by atoms with Crippen molar-refractivity contribution in [2.75, 3.05) is 0 Å². The summed E-state index contributed by atoms with van der Waals surface area (Å²) in [5.41, 5.74) is 0.782. The normalized spacial score (nSPS) is 11.7. The zero-order chi connectivity index (χ0) is 13.2. The van der Waals surface area contributed by atoms with E-state index in [-0.39, 0.29) is 10.8 Å². The third-order valence-electron chi connectivity index (χ3n) is 2.09. The highest BCUT2D eigenvalue weighted by atomic mass is 79.9. The summed E-state index contributed by atoms with van der Waals surface area (Å²) in [5.74, 6) is 0. The van der Waals surface area contributed by atoms with Crippen LogP contribution in [-0.4, -0.2) is 8.42 Å². The number of hydrogen-bond donors (Lipinski definition) is 0. The van der Waals surface area contributed by atoms with Crippen molar-refractivity contribution in [2.45, 2.75) is 10.8 Å². The molecule has 2 rings (SSSR count). The highest BCUT2D eigenvalue weighted by molar-refractivity contribution is 9.10. The van der Waals surface area contributed by atoms with Gasteiger partial charge in [-0.05, 0) is 29.8 Å². The molecule has 0 saturated heterocycles. The van der Waals surface area contributed by atoms with Crippen molar-refractivity contribution in [3.63, 3.8) is 0 Å². The fraction of sp³-hybridized carbons (Fsp3) is 0.0909. The van der Waals surface area contributed by atoms with Crippen LogP contribution < -0.4 is 0 Å². The summed E-state index contributed by atoms with van der Waals surface area (Å²) in [7, 11) is -3.73. The molecule has 18 heavy (non-hydrogen) atoms. The van der Waals surface area contributed by atoms with Gasteiger partial charge < -0.3 is 0 Å². The van der Waals surface area contributed by atoms with Gasteiger partial charge in [-0.1, -0.05) is 39.7 Å². The molecule has 0 fully saturated rings. The quantitative estimate of drug-likeness (QED) is 0.765. The van der Waals surface area contributed by atoms with Crippen molar-refractivity contribution in [1.29, 1.82) is 0 Å². The molecule has 2 aromatic rings. The molecule has 0 atom stereocenters. The molecule has 0 saturated carbocycles. The number of rotatable bonds is 4. The lowest BCUT2D eigenvalue weighted by molar-refractivity contribution is 0.309. The van der Waals surface area contributed by atoms with Gasteiger partial charge in [0, 0.05) is 4.47 Å². The van der Waals surface area contributed by atoms with Crippen LogP contribution in [0.5, 0.6) is 0 Å². The fourth-order valence-corrected chi connectivity index (χ4v) is 3.86. The van der Waals surface area contributed by atoms with Crippen LogP contribution in [0.15, 0.2) is 45.1 Å². The minimum Gasteiger partial charge on any atom is -0.261 e. The largest absolute Gasteiger partial charge is 0.306 e.